The number of esters is 1. The number of ether oxygens (including phenoxy) is 3. The number of hydrogen-bond donors (Lipinski definition) is 0. The van der Waals surface area contributed by atoms with Gasteiger partial charge in [0.15, 0.2) is 0 Å². The lowest BCUT2D eigenvalue weighted by atomic mass is 10.1. The molecule has 1 aliphatic rings. The lowest BCUT2D eigenvalue weighted by Crippen LogP contribution is -2.44. The standard InChI is InChI=1S/C23H23NO6/c1-27-18-7-8-19-17(15-29-20(19)14-18)13-21(25)30-22(16-5-3-2-4-6-16)23(26)24-9-11-28-12-10-24/h2-8,14-15,22H,9-13H2,1H3. The number of amides is 1. The van der Waals surface area contributed by atoms with E-state index in [4.69, 9.17) is 18.6 Å². The highest BCUT2D eigenvalue weighted by molar-refractivity contribution is 5.89. The molecule has 1 unspecified atom stereocenters. The molecule has 2 heterocycles. The quantitative estimate of drug-likeness (QED) is 0.582. The normalized spacial score (nSPS) is 15.0. The molecule has 1 saturated heterocycles. The number of rotatable bonds is 6. The van der Waals surface area contributed by atoms with Crippen LogP contribution in [0.25, 0.3) is 11.0 Å². The van der Waals surface area contributed by atoms with Crippen molar-refractivity contribution in [2.24, 2.45) is 0 Å². The van der Waals surface area contributed by atoms with Crippen LogP contribution in [0.1, 0.15) is 17.2 Å². The van der Waals surface area contributed by atoms with Gasteiger partial charge in [0.25, 0.3) is 5.91 Å². The Morgan fingerprint density at radius 2 is 1.87 bits per heavy atom. The average Bonchev–Trinajstić information content (AvgIpc) is 3.20. The van der Waals surface area contributed by atoms with Crippen molar-refractivity contribution in [1.82, 2.24) is 4.90 Å². The van der Waals surface area contributed by atoms with Gasteiger partial charge in [-0.3, -0.25) is 9.59 Å². The minimum atomic E-state index is -0.991. The van der Waals surface area contributed by atoms with E-state index >= 15 is 0 Å². The van der Waals surface area contributed by atoms with Crippen LogP contribution in [0.5, 0.6) is 5.75 Å². The van der Waals surface area contributed by atoms with Crippen LogP contribution in [-0.2, 0) is 25.5 Å². The Balaban J connectivity index is 1.52. The smallest absolute Gasteiger partial charge is 0.311 e. The molecule has 4 rings (SSSR count). The molecule has 1 aliphatic heterocycles. The van der Waals surface area contributed by atoms with Crippen molar-refractivity contribution in [2.45, 2.75) is 12.5 Å². The van der Waals surface area contributed by atoms with Crippen LogP contribution in [0, 0.1) is 0 Å². The Kier molecular flexibility index (Phi) is 5.99. The van der Waals surface area contributed by atoms with Crippen LogP contribution >= 0.6 is 0 Å². The monoisotopic (exact) mass is 409 g/mol. The van der Waals surface area contributed by atoms with Crippen molar-refractivity contribution in [3.05, 3.63) is 65.9 Å². The summed E-state index contributed by atoms with van der Waals surface area (Å²) in [7, 11) is 1.58. The summed E-state index contributed by atoms with van der Waals surface area (Å²) in [6.07, 6.45) is 0.543. The molecule has 0 aliphatic carbocycles. The molecule has 156 valence electrons. The van der Waals surface area contributed by atoms with E-state index < -0.39 is 12.1 Å². The second-order valence-corrected chi connectivity index (χ2v) is 7.02. The largest absolute Gasteiger partial charge is 0.497 e. The molecular formula is C23H23NO6. The van der Waals surface area contributed by atoms with Crippen LogP contribution in [0.15, 0.2) is 59.2 Å². The summed E-state index contributed by atoms with van der Waals surface area (Å²) in [5, 5.41) is 0.809. The molecule has 0 spiro atoms. The first-order valence-corrected chi connectivity index (χ1v) is 9.81. The third-order valence-electron chi connectivity index (χ3n) is 5.10. The zero-order valence-corrected chi connectivity index (χ0v) is 16.7. The number of methoxy groups -OCH3 is 1. The fraction of sp³-hybridized carbons (Fsp3) is 0.304. The Hall–Kier alpha value is -3.32. The summed E-state index contributed by atoms with van der Waals surface area (Å²) in [4.78, 5) is 27.5. The first-order valence-electron chi connectivity index (χ1n) is 9.81. The predicted octanol–water partition coefficient (Wildman–Crippen LogP) is 3.13. The second-order valence-electron chi connectivity index (χ2n) is 7.02. The van der Waals surface area contributed by atoms with Crippen LogP contribution in [-0.4, -0.2) is 50.2 Å². The molecule has 0 N–H and O–H groups in total. The van der Waals surface area contributed by atoms with Gasteiger partial charge in [-0.15, -0.1) is 0 Å². The van der Waals surface area contributed by atoms with Crippen molar-refractivity contribution in [3.8, 4) is 5.75 Å². The molecule has 3 aromatic rings. The van der Waals surface area contributed by atoms with Crippen molar-refractivity contribution >= 4 is 22.8 Å². The zero-order chi connectivity index (χ0) is 20.9. The first-order chi connectivity index (χ1) is 14.7. The highest BCUT2D eigenvalue weighted by Gasteiger charge is 2.30. The van der Waals surface area contributed by atoms with E-state index in [0.29, 0.717) is 48.8 Å². The lowest BCUT2D eigenvalue weighted by Gasteiger charge is -2.30. The van der Waals surface area contributed by atoms with Crippen LogP contribution < -0.4 is 4.74 Å². The zero-order valence-electron chi connectivity index (χ0n) is 16.7. The summed E-state index contributed by atoms with van der Waals surface area (Å²) in [6, 6.07) is 14.5. The molecule has 1 atom stereocenters. The SMILES string of the molecule is COc1ccc2c(CC(=O)OC(C(=O)N3CCOCC3)c3ccccc3)coc2c1. The number of carbonyl (C=O) groups is 2. The van der Waals surface area contributed by atoms with Gasteiger partial charge in [0.05, 0.1) is 33.0 Å². The number of hydrogen-bond acceptors (Lipinski definition) is 6. The fourth-order valence-electron chi connectivity index (χ4n) is 3.49. The van der Waals surface area contributed by atoms with Gasteiger partial charge in [-0.25, -0.2) is 0 Å². The number of nitrogens with zero attached hydrogens (tertiary/aromatic N) is 1. The number of morpholine rings is 1. The van der Waals surface area contributed by atoms with Crippen molar-refractivity contribution in [2.75, 3.05) is 33.4 Å². The average molecular weight is 409 g/mol. The van der Waals surface area contributed by atoms with E-state index in [1.807, 2.05) is 24.3 Å². The van der Waals surface area contributed by atoms with E-state index in [1.54, 1.807) is 36.3 Å². The molecular weight excluding hydrogens is 386 g/mol. The molecule has 0 radical (unpaired) electrons. The van der Waals surface area contributed by atoms with E-state index in [0.717, 1.165) is 5.39 Å². The third kappa shape index (κ3) is 4.31. The summed E-state index contributed by atoms with van der Waals surface area (Å²) >= 11 is 0. The minimum absolute atomic E-state index is 0.000939. The molecule has 7 heteroatoms. The molecule has 0 saturated carbocycles. The molecule has 1 amide bonds. The summed E-state index contributed by atoms with van der Waals surface area (Å²) in [5.74, 6) is -0.0603. The van der Waals surface area contributed by atoms with Crippen molar-refractivity contribution < 1.29 is 28.2 Å². The van der Waals surface area contributed by atoms with Crippen LogP contribution in [0.4, 0.5) is 0 Å². The van der Waals surface area contributed by atoms with Gasteiger partial charge in [-0.05, 0) is 12.1 Å². The maximum atomic E-state index is 13.1. The Bertz CT molecular complexity index is 1020. The van der Waals surface area contributed by atoms with Crippen LogP contribution in [0.2, 0.25) is 0 Å². The molecule has 2 aromatic carbocycles. The topological polar surface area (TPSA) is 78.2 Å². The van der Waals surface area contributed by atoms with E-state index in [9.17, 15) is 9.59 Å². The van der Waals surface area contributed by atoms with Gasteiger partial charge in [-0.2, -0.15) is 0 Å². The molecule has 0 bridgehead atoms. The van der Waals surface area contributed by atoms with Crippen molar-refractivity contribution in [3.63, 3.8) is 0 Å². The number of carbonyl (C=O) groups excluding carboxylic acids is 2. The fourth-order valence-corrected chi connectivity index (χ4v) is 3.49. The number of benzene rings is 2. The predicted molar refractivity (Wildman–Crippen MR) is 109 cm³/mol. The molecule has 1 aromatic heterocycles. The molecule has 30 heavy (non-hydrogen) atoms. The molecule has 1 fully saturated rings. The van der Waals surface area contributed by atoms with Gasteiger partial charge in [-0.1, -0.05) is 30.3 Å². The summed E-state index contributed by atoms with van der Waals surface area (Å²) < 4.78 is 21.7. The van der Waals surface area contributed by atoms with Gasteiger partial charge in [0.2, 0.25) is 6.10 Å². The maximum absolute atomic E-state index is 13.1. The number of fused-ring (bicyclic) bond motifs is 1. The highest BCUT2D eigenvalue weighted by atomic mass is 16.5. The summed E-state index contributed by atoms with van der Waals surface area (Å²) in [6.45, 7) is 1.92. The highest BCUT2D eigenvalue weighted by Crippen LogP contribution is 2.27. The van der Waals surface area contributed by atoms with Gasteiger partial charge in [0, 0.05) is 35.7 Å². The van der Waals surface area contributed by atoms with Gasteiger partial charge >= 0.3 is 5.97 Å². The van der Waals surface area contributed by atoms with Gasteiger partial charge in [0.1, 0.15) is 11.3 Å². The molecule has 7 nitrogen and oxygen atoms in total. The Morgan fingerprint density at radius 1 is 1.10 bits per heavy atom. The maximum Gasteiger partial charge on any atom is 0.311 e. The van der Waals surface area contributed by atoms with Crippen LogP contribution in [0.3, 0.4) is 0 Å². The van der Waals surface area contributed by atoms with E-state index in [2.05, 4.69) is 0 Å². The van der Waals surface area contributed by atoms with E-state index in [-0.39, 0.29) is 12.3 Å². The summed E-state index contributed by atoms with van der Waals surface area (Å²) in [5.41, 5.74) is 1.97. The third-order valence-corrected chi connectivity index (χ3v) is 5.10. The number of furan rings is 1. The lowest BCUT2D eigenvalue weighted by molar-refractivity contribution is -0.162. The second kappa shape index (κ2) is 9.00. The van der Waals surface area contributed by atoms with Gasteiger partial charge < -0.3 is 23.5 Å². The first kappa shape index (κ1) is 20.0. The Morgan fingerprint density at radius 3 is 2.60 bits per heavy atom. The Labute approximate surface area is 174 Å². The van der Waals surface area contributed by atoms with E-state index in [1.165, 1.54) is 6.26 Å². The minimum Gasteiger partial charge on any atom is -0.497 e. The van der Waals surface area contributed by atoms with Crippen molar-refractivity contribution in [1.29, 1.82) is 0 Å².